The summed E-state index contributed by atoms with van der Waals surface area (Å²) in [6, 6.07) is 18.9. The van der Waals surface area contributed by atoms with Crippen LogP contribution in [-0.4, -0.2) is 37.3 Å². The summed E-state index contributed by atoms with van der Waals surface area (Å²) in [7, 11) is 0. The van der Waals surface area contributed by atoms with E-state index in [9.17, 15) is 24.1 Å². The van der Waals surface area contributed by atoms with Crippen LogP contribution in [0, 0.1) is 22.9 Å². The second-order valence-corrected chi connectivity index (χ2v) is 8.75. The van der Waals surface area contributed by atoms with Gasteiger partial charge in [0, 0.05) is 28.6 Å². The van der Waals surface area contributed by atoms with Crippen LogP contribution >= 0.6 is 11.8 Å². The molecule has 1 heterocycles. The van der Waals surface area contributed by atoms with Crippen molar-refractivity contribution >= 4 is 35.0 Å². The van der Waals surface area contributed by atoms with E-state index in [1.807, 2.05) is 30.3 Å². The number of nitrogens with one attached hydrogen (secondary N) is 2. The van der Waals surface area contributed by atoms with E-state index in [2.05, 4.69) is 20.8 Å². The lowest BCUT2D eigenvalue weighted by Crippen LogP contribution is -2.25. The average molecular weight is 521 g/mol. The van der Waals surface area contributed by atoms with E-state index in [-0.39, 0.29) is 35.0 Å². The van der Waals surface area contributed by atoms with Crippen LogP contribution in [0.2, 0.25) is 0 Å². The van der Waals surface area contributed by atoms with Crippen LogP contribution in [0.4, 0.5) is 15.8 Å². The summed E-state index contributed by atoms with van der Waals surface area (Å²) in [5, 5.41) is 25.5. The van der Waals surface area contributed by atoms with E-state index < -0.39 is 16.6 Å². The van der Waals surface area contributed by atoms with Gasteiger partial charge < -0.3 is 10.6 Å². The van der Waals surface area contributed by atoms with Crippen LogP contribution in [-0.2, 0) is 11.3 Å². The second-order valence-electron chi connectivity index (χ2n) is 7.80. The summed E-state index contributed by atoms with van der Waals surface area (Å²) in [5.74, 6) is -0.777. The van der Waals surface area contributed by atoms with Crippen molar-refractivity contribution in [2.45, 2.75) is 18.6 Å². The zero-order valence-corrected chi connectivity index (χ0v) is 20.4. The van der Waals surface area contributed by atoms with E-state index in [1.165, 1.54) is 49.4 Å². The third kappa shape index (κ3) is 6.16. The number of nitrogens with zero attached hydrogens (tertiary/aromatic N) is 4. The fraction of sp³-hybridized carbons (Fsp3) is 0.120. The molecule has 0 fully saturated rings. The van der Waals surface area contributed by atoms with Crippen molar-refractivity contribution in [2.24, 2.45) is 0 Å². The van der Waals surface area contributed by atoms with Crippen molar-refractivity contribution in [3.05, 3.63) is 106 Å². The SMILES string of the molecule is Cc1c(C(=O)NCc2nnc(SCC(=O)Nc3ccc(F)cc3)n2-c2ccccc2)cccc1[N+](=O)[O-]. The van der Waals surface area contributed by atoms with Crippen molar-refractivity contribution in [1.29, 1.82) is 0 Å². The number of benzene rings is 3. The highest BCUT2D eigenvalue weighted by Crippen LogP contribution is 2.24. The maximum Gasteiger partial charge on any atom is 0.273 e. The van der Waals surface area contributed by atoms with E-state index in [0.717, 1.165) is 17.4 Å². The highest BCUT2D eigenvalue weighted by molar-refractivity contribution is 7.99. The maximum atomic E-state index is 13.1. The number of aromatic nitrogens is 3. The standard InChI is InChI=1S/C25H21FN6O4S/c1-16-20(8-5-9-21(16)32(35)36)24(34)27-14-22-29-30-25(31(22)19-6-3-2-4-7-19)37-15-23(33)28-18-12-10-17(26)11-13-18/h2-13H,14-15H2,1H3,(H,27,34)(H,28,33). The van der Waals surface area contributed by atoms with Gasteiger partial charge in [-0.1, -0.05) is 36.0 Å². The molecule has 0 aliphatic heterocycles. The number of thioether (sulfide) groups is 1. The third-order valence-corrected chi connectivity index (χ3v) is 6.26. The Morgan fingerprint density at radius 3 is 2.46 bits per heavy atom. The molecule has 1 aromatic heterocycles. The highest BCUT2D eigenvalue weighted by atomic mass is 32.2. The number of carbonyl (C=O) groups excluding carboxylic acids is 2. The molecule has 4 aromatic rings. The van der Waals surface area contributed by atoms with Crippen LogP contribution in [0.25, 0.3) is 5.69 Å². The zero-order chi connectivity index (χ0) is 26.4. The summed E-state index contributed by atoms with van der Waals surface area (Å²) in [6.45, 7) is 1.51. The molecular weight excluding hydrogens is 499 g/mol. The molecule has 0 bridgehead atoms. The van der Waals surface area contributed by atoms with Crippen molar-refractivity contribution < 1.29 is 18.9 Å². The molecule has 0 unspecified atom stereocenters. The molecular formula is C25H21FN6O4S. The highest BCUT2D eigenvalue weighted by Gasteiger charge is 2.20. The Morgan fingerprint density at radius 2 is 1.76 bits per heavy atom. The van der Waals surface area contributed by atoms with E-state index >= 15 is 0 Å². The first-order valence-corrected chi connectivity index (χ1v) is 12.0. The Bertz CT molecular complexity index is 1440. The maximum absolute atomic E-state index is 13.1. The Kier molecular flexibility index (Phi) is 7.89. The van der Waals surface area contributed by atoms with E-state index in [1.54, 1.807) is 4.57 Å². The molecule has 4 rings (SSSR count). The lowest BCUT2D eigenvalue weighted by Gasteiger charge is -2.12. The molecule has 0 aliphatic rings. The number of nitro benzene ring substituents is 1. The molecule has 0 saturated heterocycles. The normalized spacial score (nSPS) is 10.6. The fourth-order valence-corrected chi connectivity index (χ4v) is 4.30. The molecule has 0 spiro atoms. The van der Waals surface area contributed by atoms with Crippen LogP contribution in [0.15, 0.2) is 78.0 Å². The number of hydrogen-bond donors (Lipinski definition) is 2. The minimum Gasteiger partial charge on any atom is -0.345 e. The molecule has 0 atom stereocenters. The molecule has 0 saturated carbocycles. The predicted octanol–water partition coefficient (Wildman–Crippen LogP) is 4.28. The zero-order valence-electron chi connectivity index (χ0n) is 19.6. The summed E-state index contributed by atoms with van der Waals surface area (Å²) >= 11 is 1.15. The Morgan fingerprint density at radius 1 is 1.03 bits per heavy atom. The molecule has 188 valence electrons. The van der Waals surface area contributed by atoms with Crippen LogP contribution in [0.3, 0.4) is 0 Å². The summed E-state index contributed by atoms with van der Waals surface area (Å²) < 4.78 is 14.8. The monoisotopic (exact) mass is 520 g/mol. The van der Waals surface area contributed by atoms with Gasteiger partial charge in [-0.15, -0.1) is 10.2 Å². The quantitative estimate of drug-likeness (QED) is 0.191. The predicted molar refractivity (Wildman–Crippen MR) is 136 cm³/mol. The van der Waals surface area contributed by atoms with Gasteiger partial charge in [-0.3, -0.25) is 24.3 Å². The first-order valence-electron chi connectivity index (χ1n) is 11.0. The van der Waals surface area contributed by atoms with Gasteiger partial charge in [0.1, 0.15) is 5.82 Å². The molecule has 0 radical (unpaired) electrons. The Balaban J connectivity index is 1.50. The van der Waals surface area contributed by atoms with Crippen molar-refractivity contribution in [3.63, 3.8) is 0 Å². The molecule has 37 heavy (non-hydrogen) atoms. The third-order valence-electron chi connectivity index (χ3n) is 5.33. The van der Waals surface area contributed by atoms with Gasteiger partial charge in [0.2, 0.25) is 5.91 Å². The van der Waals surface area contributed by atoms with Gasteiger partial charge in [0.25, 0.3) is 11.6 Å². The molecule has 2 N–H and O–H groups in total. The minimum atomic E-state index is -0.534. The van der Waals surface area contributed by atoms with Crippen LogP contribution in [0.5, 0.6) is 0 Å². The van der Waals surface area contributed by atoms with Gasteiger partial charge in [0.05, 0.1) is 17.2 Å². The number of halogens is 1. The molecule has 3 aromatic carbocycles. The summed E-state index contributed by atoms with van der Waals surface area (Å²) in [6.07, 6.45) is 0. The number of carbonyl (C=O) groups is 2. The van der Waals surface area contributed by atoms with Crippen molar-refractivity contribution in [1.82, 2.24) is 20.1 Å². The van der Waals surface area contributed by atoms with E-state index in [0.29, 0.717) is 16.7 Å². The van der Waals surface area contributed by atoms with Crippen LogP contribution in [0.1, 0.15) is 21.7 Å². The molecule has 10 nitrogen and oxygen atoms in total. The van der Waals surface area contributed by atoms with Crippen LogP contribution < -0.4 is 10.6 Å². The lowest BCUT2D eigenvalue weighted by molar-refractivity contribution is -0.385. The minimum absolute atomic E-state index is 0.00873. The second kappa shape index (κ2) is 11.4. The lowest BCUT2D eigenvalue weighted by atomic mass is 10.1. The number of para-hydroxylation sites is 1. The molecule has 2 amide bonds. The van der Waals surface area contributed by atoms with Gasteiger partial charge >= 0.3 is 0 Å². The van der Waals surface area contributed by atoms with Gasteiger partial charge in [-0.05, 0) is 49.4 Å². The summed E-state index contributed by atoms with van der Waals surface area (Å²) in [4.78, 5) is 35.9. The molecule has 12 heteroatoms. The fourth-order valence-electron chi connectivity index (χ4n) is 3.53. The number of nitro groups is 1. The first kappa shape index (κ1) is 25.5. The number of amides is 2. The molecule has 0 aliphatic carbocycles. The van der Waals surface area contributed by atoms with Gasteiger partial charge in [-0.2, -0.15) is 0 Å². The number of anilines is 1. The Labute approximate surface area is 215 Å². The largest absolute Gasteiger partial charge is 0.345 e. The number of rotatable bonds is 9. The van der Waals surface area contributed by atoms with Gasteiger partial charge in [-0.25, -0.2) is 4.39 Å². The van der Waals surface area contributed by atoms with E-state index in [4.69, 9.17) is 0 Å². The number of hydrogen-bond acceptors (Lipinski definition) is 7. The topological polar surface area (TPSA) is 132 Å². The summed E-state index contributed by atoms with van der Waals surface area (Å²) in [5.41, 5.74) is 1.50. The smallest absolute Gasteiger partial charge is 0.273 e. The van der Waals surface area contributed by atoms with Crippen molar-refractivity contribution in [3.8, 4) is 5.69 Å². The first-order chi connectivity index (χ1) is 17.8. The van der Waals surface area contributed by atoms with Gasteiger partial charge in [0.15, 0.2) is 11.0 Å². The average Bonchev–Trinajstić information content (AvgIpc) is 3.30. The van der Waals surface area contributed by atoms with Crippen molar-refractivity contribution in [2.75, 3.05) is 11.1 Å². The Hall–Kier alpha value is -4.58.